The largest absolute Gasteiger partial charge is 0.344 e. The van der Waals surface area contributed by atoms with E-state index >= 15 is 0 Å². The van der Waals surface area contributed by atoms with Crippen molar-refractivity contribution >= 4 is 44.3 Å². The maximum atomic E-state index is 11.6. The molecule has 0 saturated carbocycles. The summed E-state index contributed by atoms with van der Waals surface area (Å²) in [5, 5.41) is 11.3. The molecule has 0 radical (unpaired) electrons. The number of H-pyrrole nitrogens is 1. The number of anilines is 2. The van der Waals surface area contributed by atoms with Crippen LogP contribution in [0.25, 0.3) is 22.0 Å². The van der Waals surface area contributed by atoms with E-state index in [1.807, 2.05) is 32.0 Å². The number of benzene rings is 1. The van der Waals surface area contributed by atoms with Gasteiger partial charge in [-0.05, 0) is 43.7 Å². The molecule has 0 aliphatic carbocycles. The molecule has 4 aromatic rings. The van der Waals surface area contributed by atoms with Gasteiger partial charge in [-0.3, -0.25) is 14.8 Å². The van der Waals surface area contributed by atoms with Gasteiger partial charge in [0.1, 0.15) is 0 Å². The summed E-state index contributed by atoms with van der Waals surface area (Å²) in [5.74, 6) is 0.673. The number of aromatic amines is 1. The molecule has 3 heterocycles. The van der Waals surface area contributed by atoms with Crippen LogP contribution in [0.3, 0.4) is 0 Å². The second-order valence-corrected chi connectivity index (χ2v) is 9.74. The van der Waals surface area contributed by atoms with Crippen molar-refractivity contribution in [3.05, 3.63) is 59.6 Å². The molecule has 0 bridgehead atoms. The fourth-order valence-electron chi connectivity index (χ4n) is 3.17. The van der Waals surface area contributed by atoms with Crippen LogP contribution in [0.2, 0.25) is 5.02 Å². The maximum Gasteiger partial charge on any atom is 0.231 e. The van der Waals surface area contributed by atoms with Crippen molar-refractivity contribution in [2.45, 2.75) is 19.4 Å². The molecule has 11 heteroatoms. The van der Waals surface area contributed by atoms with Gasteiger partial charge in [0, 0.05) is 29.5 Å². The Bertz CT molecular complexity index is 1350. The number of pyridine rings is 1. The van der Waals surface area contributed by atoms with Crippen LogP contribution in [0.1, 0.15) is 19.5 Å². The molecule has 0 fully saturated rings. The Kier molecular flexibility index (Phi) is 5.28. The van der Waals surface area contributed by atoms with Gasteiger partial charge in [-0.1, -0.05) is 17.7 Å². The van der Waals surface area contributed by atoms with Gasteiger partial charge in [-0.2, -0.15) is 5.10 Å². The fraction of sp³-hybridized carbons (Fsp3) is 0.200. The molecule has 0 aliphatic heterocycles. The number of nitrogens with one attached hydrogen (secondary N) is 3. The topological polar surface area (TPSA) is 126 Å². The molecule has 160 valence electrons. The average molecular weight is 458 g/mol. The number of fused-ring (bicyclic) bond motifs is 1. The van der Waals surface area contributed by atoms with Crippen LogP contribution < -0.4 is 10.0 Å². The molecular weight excluding hydrogens is 438 g/mol. The van der Waals surface area contributed by atoms with E-state index in [0.717, 1.165) is 17.4 Å². The number of hydrogen-bond donors (Lipinski definition) is 3. The van der Waals surface area contributed by atoms with E-state index in [1.165, 1.54) is 0 Å². The Morgan fingerprint density at radius 3 is 2.48 bits per heavy atom. The maximum absolute atomic E-state index is 11.6. The fourth-order valence-corrected chi connectivity index (χ4v) is 4.04. The first kappa shape index (κ1) is 21.0. The lowest BCUT2D eigenvalue weighted by Crippen LogP contribution is -2.30. The van der Waals surface area contributed by atoms with Gasteiger partial charge < -0.3 is 5.32 Å². The summed E-state index contributed by atoms with van der Waals surface area (Å²) in [7, 11) is -3.45. The predicted molar refractivity (Wildman–Crippen MR) is 121 cm³/mol. The molecule has 0 spiro atoms. The van der Waals surface area contributed by atoms with Gasteiger partial charge in [-0.25, -0.2) is 18.4 Å². The third-order valence-corrected chi connectivity index (χ3v) is 5.47. The third-order valence-electron chi connectivity index (χ3n) is 4.60. The van der Waals surface area contributed by atoms with Crippen molar-refractivity contribution in [3.8, 4) is 11.1 Å². The molecule has 0 atom stereocenters. The Morgan fingerprint density at radius 2 is 1.81 bits per heavy atom. The summed E-state index contributed by atoms with van der Waals surface area (Å²) in [6.07, 6.45) is 6.15. The number of sulfonamides is 1. The van der Waals surface area contributed by atoms with Gasteiger partial charge in [0.2, 0.25) is 16.0 Å². The molecule has 3 aromatic heterocycles. The third kappa shape index (κ3) is 4.59. The highest BCUT2D eigenvalue weighted by Crippen LogP contribution is 2.30. The van der Waals surface area contributed by atoms with Gasteiger partial charge >= 0.3 is 0 Å². The van der Waals surface area contributed by atoms with E-state index in [-0.39, 0.29) is 5.82 Å². The number of halogens is 1. The van der Waals surface area contributed by atoms with Gasteiger partial charge in [0.25, 0.3) is 0 Å². The first-order valence-electron chi connectivity index (χ1n) is 9.30. The second-order valence-electron chi connectivity index (χ2n) is 7.59. The van der Waals surface area contributed by atoms with Crippen LogP contribution in [-0.2, 0) is 15.6 Å². The molecule has 1 aromatic carbocycles. The minimum Gasteiger partial charge on any atom is -0.344 e. The molecular formula is C20H20ClN7O2S. The molecule has 0 aliphatic rings. The lowest BCUT2D eigenvalue weighted by molar-refractivity contribution is 0.581. The quantitative estimate of drug-likeness (QED) is 0.402. The smallest absolute Gasteiger partial charge is 0.231 e. The van der Waals surface area contributed by atoms with E-state index in [0.29, 0.717) is 27.6 Å². The first-order valence-corrected chi connectivity index (χ1v) is 11.6. The lowest BCUT2D eigenvalue weighted by Gasteiger charge is -2.26. The second kappa shape index (κ2) is 7.78. The van der Waals surface area contributed by atoms with E-state index < -0.39 is 15.6 Å². The minimum atomic E-state index is -3.45. The highest BCUT2D eigenvalue weighted by Gasteiger charge is 2.25. The Balaban J connectivity index is 1.60. The normalized spacial score (nSPS) is 12.1. The Labute approximate surface area is 184 Å². The molecule has 0 amide bonds. The van der Waals surface area contributed by atoms with E-state index in [1.54, 1.807) is 30.7 Å². The zero-order chi connectivity index (χ0) is 22.2. The molecule has 3 N–H and O–H groups in total. The highest BCUT2D eigenvalue weighted by molar-refractivity contribution is 7.92. The summed E-state index contributed by atoms with van der Waals surface area (Å²) >= 11 is 6.28. The van der Waals surface area contributed by atoms with Crippen LogP contribution in [0, 0.1) is 0 Å². The van der Waals surface area contributed by atoms with Gasteiger partial charge in [-0.15, -0.1) is 0 Å². The Hall–Kier alpha value is -3.24. The van der Waals surface area contributed by atoms with Crippen LogP contribution in [0.15, 0.2) is 48.9 Å². The van der Waals surface area contributed by atoms with Crippen LogP contribution in [0.4, 0.5) is 11.8 Å². The van der Waals surface area contributed by atoms with Crippen molar-refractivity contribution in [1.82, 2.24) is 25.1 Å². The summed E-state index contributed by atoms with van der Waals surface area (Å²) in [4.78, 5) is 13.2. The standard InChI is InChI=1S/C20H20ClN7O2S/c1-20(2,17-15(21)5-4-8-22-17)25-19-23-10-13(11-24-19)12-6-7-16-14(9-12)18(27-26-16)28-31(3,29)30/h4-11H,1-3H3,(H,23,24,25)(H2,26,27,28). The van der Waals surface area contributed by atoms with E-state index in [4.69, 9.17) is 11.6 Å². The van der Waals surface area contributed by atoms with Crippen LogP contribution in [0.5, 0.6) is 0 Å². The number of aromatic nitrogens is 5. The zero-order valence-electron chi connectivity index (χ0n) is 17.0. The minimum absolute atomic E-state index is 0.243. The molecule has 0 unspecified atom stereocenters. The lowest BCUT2D eigenvalue weighted by atomic mass is 10.00. The van der Waals surface area contributed by atoms with Crippen molar-refractivity contribution < 1.29 is 8.42 Å². The van der Waals surface area contributed by atoms with Crippen LogP contribution in [-0.4, -0.2) is 39.8 Å². The van der Waals surface area contributed by atoms with Crippen molar-refractivity contribution in [2.75, 3.05) is 16.3 Å². The molecule has 4 rings (SSSR count). The van der Waals surface area contributed by atoms with E-state index in [2.05, 4.69) is 35.2 Å². The van der Waals surface area contributed by atoms with E-state index in [9.17, 15) is 8.42 Å². The zero-order valence-corrected chi connectivity index (χ0v) is 18.6. The van der Waals surface area contributed by atoms with Crippen molar-refractivity contribution in [3.63, 3.8) is 0 Å². The summed E-state index contributed by atoms with van der Waals surface area (Å²) in [6, 6.07) is 9.10. The number of nitrogens with zero attached hydrogens (tertiary/aromatic N) is 4. The highest BCUT2D eigenvalue weighted by atomic mass is 35.5. The Morgan fingerprint density at radius 1 is 1.06 bits per heavy atom. The average Bonchev–Trinajstić information content (AvgIpc) is 3.09. The van der Waals surface area contributed by atoms with Gasteiger partial charge in [0.05, 0.1) is 28.0 Å². The predicted octanol–water partition coefficient (Wildman–Crippen LogP) is 3.79. The number of rotatable bonds is 6. The van der Waals surface area contributed by atoms with Crippen molar-refractivity contribution in [2.24, 2.45) is 0 Å². The summed E-state index contributed by atoms with van der Waals surface area (Å²) < 4.78 is 25.5. The summed E-state index contributed by atoms with van der Waals surface area (Å²) in [5.41, 5.74) is 2.42. The number of hydrogen-bond acceptors (Lipinski definition) is 7. The molecule has 9 nitrogen and oxygen atoms in total. The molecule has 31 heavy (non-hydrogen) atoms. The first-order chi connectivity index (χ1) is 14.6. The SMILES string of the molecule is CC(C)(Nc1ncc(-c2ccc3[nH]nc(NS(C)(=O)=O)c3c2)cn1)c1ncccc1Cl. The van der Waals surface area contributed by atoms with Crippen molar-refractivity contribution in [1.29, 1.82) is 0 Å². The summed E-state index contributed by atoms with van der Waals surface area (Å²) in [6.45, 7) is 3.89. The monoisotopic (exact) mass is 457 g/mol. The van der Waals surface area contributed by atoms with Gasteiger partial charge in [0.15, 0.2) is 5.82 Å². The van der Waals surface area contributed by atoms with Crippen LogP contribution >= 0.6 is 11.6 Å². The molecule has 0 saturated heterocycles.